The number of thiazole rings is 1. The largest absolute Gasteiger partial charge is 0.304 e. The summed E-state index contributed by atoms with van der Waals surface area (Å²) in [6, 6.07) is 7.07. The molecule has 1 atom stereocenters. The number of rotatable bonds is 5. The topological polar surface area (TPSA) is 24.9 Å². The molecule has 96 valence electrons. The second-order valence-electron chi connectivity index (χ2n) is 4.71. The van der Waals surface area contributed by atoms with Crippen LogP contribution in [-0.2, 0) is 6.54 Å². The minimum absolute atomic E-state index is 0.366. The van der Waals surface area contributed by atoms with Crippen LogP contribution in [-0.4, -0.2) is 4.98 Å². The van der Waals surface area contributed by atoms with Crippen LogP contribution in [0.4, 0.5) is 0 Å². The number of benzene rings is 1. The van der Waals surface area contributed by atoms with Gasteiger partial charge in [0, 0.05) is 18.1 Å². The fourth-order valence-corrected chi connectivity index (χ4v) is 3.02. The first-order chi connectivity index (χ1) is 8.69. The van der Waals surface area contributed by atoms with E-state index < -0.39 is 0 Å². The third-order valence-corrected chi connectivity index (χ3v) is 3.88. The van der Waals surface area contributed by atoms with Crippen LogP contribution in [0.15, 0.2) is 29.8 Å². The molecule has 0 aliphatic heterocycles. The molecule has 18 heavy (non-hydrogen) atoms. The average Bonchev–Trinajstić information content (AvgIpc) is 2.82. The molecule has 3 heteroatoms. The first kappa shape index (κ1) is 13.2. The summed E-state index contributed by atoms with van der Waals surface area (Å²) in [5.41, 5.74) is 4.01. The third-order valence-electron chi connectivity index (χ3n) is 2.99. The molecule has 0 spiro atoms. The molecule has 1 aromatic carbocycles. The molecule has 0 saturated carbocycles. The SMILES string of the molecule is CCC(NCc1cc(C)cc(C)c1)c1nccs1. The van der Waals surface area contributed by atoms with Crippen LogP contribution in [0.2, 0.25) is 0 Å². The van der Waals surface area contributed by atoms with E-state index in [4.69, 9.17) is 0 Å². The lowest BCUT2D eigenvalue weighted by Crippen LogP contribution is -2.20. The molecule has 0 saturated heterocycles. The molecular weight excluding hydrogens is 240 g/mol. The predicted molar refractivity (Wildman–Crippen MR) is 77.9 cm³/mol. The zero-order chi connectivity index (χ0) is 13.0. The first-order valence-corrected chi connectivity index (χ1v) is 7.27. The zero-order valence-corrected chi connectivity index (χ0v) is 12.1. The Bertz CT molecular complexity index is 471. The molecule has 0 aliphatic carbocycles. The number of nitrogens with zero attached hydrogens (tertiary/aromatic N) is 1. The van der Waals surface area contributed by atoms with Crippen LogP contribution in [0.1, 0.15) is 41.1 Å². The van der Waals surface area contributed by atoms with Gasteiger partial charge in [-0.05, 0) is 25.8 Å². The highest BCUT2D eigenvalue weighted by Crippen LogP contribution is 2.19. The Kier molecular flexibility index (Phi) is 4.50. The van der Waals surface area contributed by atoms with E-state index in [1.54, 1.807) is 11.3 Å². The van der Waals surface area contributed by atoms with Crippen LogP contribution >= 0.6 is 11.3 Å². The predicted octanol–water partition coefficient (Wildman–Crippen LogP) is 4.00. The van der Waals surface area contributed by atoms with Crippen LogP contribution in [0.3, 0.4) is 0 Å². The summed E-state index contributed by atoms with van der Waals surface area (Å²) >= 11 is 1.72. The van der Waals surface area contributed by atoms with Crippen molar-refractivity contribution in [3.05, 3.63) is 51.5 Å². The minimum Gasteiger partial charge on any atom is -0.304 e. The summed E-state index contributed by atoms with van der Waals surface area (Å²) < 4.78 is 0. The molecule has 1 N–H and O–H groups in total. The quantitative estimate of drug-likeness (QED) is 0.879. The van der Waals surface area contributed by atoms with E-state index in [0.29, 0.717) is 6.04 Å². The number of hydrogen-bond acceptors (Lipinski definition) is 3. The number of aryl methyl sites for hydroxylation is 2. The van der Waals surface area contributed by atoms with Crippen molar-refractivity contribution in [2.45, 2.75) is 39.8 Å². The molecule has 0 aliphatic rings. The molecule has 2 rings (SSSR count). The highest BCUT2D eigenvalue weighted by atomic mass is 32.1. The van der Waals surface area contributed by atoms with E-state index in [9.17, 15) is 0 Å². The van der Waals surface area contributed by atoms with Gasteiger partial charge in [-0.25, -0.2) is 4.98 Å². The normalized spacial score (nSPS) is 12.6. The molecule has 1 aromatic heterocycles. The molecular formula is C15H20N2S. The lowest BCUT2D eigenvalue weighted by Gasteiger charge is -2.15. The van der Waals surface area contributed by atoms with E-state index in [-0.39, 0.29) is 0 Å². The summed E-state index contributed by atoms with van der Waals surface area (Å²) in [5.74, 6) is 0. The summed E-state index contributed by atoms with van der Waals surface area (Å²) in [6.07, 6.45) is 2.94. The molecule has 0 bridgehead atoms. The van der Waals surface area contributed by atoms with Crippen molar-refractivity contribution in [3.63, 3.8) is 0 Å². The maximum Gasteiger partial charge on any atom is 0.109 e. The Balaban J connectivity index is 2.01. The van der Waals surface area contributed by atoms with Gasteiger partial charge in [0.25, 0.3) is 0 Å². The van der Waals surface area contributed by atoms with Crippen LogP contribution < -0.4 is 5.32 Å². The summed E-state index contributed by atoms with van der Waals surface area (Å²) in [5, 5.41) is 6.81. The van der Waals surface area contributed by atoms with E-state index in [2.05, 4.69) is 49.3 Å². The second-order valence-corrected chi connectivity index (χ2v) is 5.63. The molecule has 0 fully saturated rings. The van der Waals surface area contributed by atoms with Gasteiger partial charge in [-0.1, -0.05) is 36.2 Å². The lowest BCUT2D eigenvalue weighted by molar-refractivity contribution is 0.516. The Morgan fingerprint density at radius 3 is 2.50 bits per heavy atom. The fraction of sp³-hybridized carbons (Fsp3) is 0.400. The standard InChI is InChI=1S/C15H20N2S/c1-4-14(15-16-5-6-18-15)17-10-13-8-11(2)7-12(3)9-13/h5-9,14,17H,4,10H2,1-3H3. The van der Waals surface area contributed by atoms with Gasteiger partial charge in [0.05, 0.1) is 6.04 Å². The third kappa shape index (κ3) is 3.40. The highest BCUT2D eigenvalue weighted by molar-refractivity contribution is 7.09. The van der Waals surface area contributed by atoms with Crippen molar-refractivity contribution < 1.29 is 0 Å². The van der Waals surface area contributed by atoms with Gasteiger partial charge >= 0.3 is 0 Å². The van der Waals surface area contributed by atoms with Crippen LogP contribution in [0.25, 0.3) is 0 Å². The summed E-state index contributed by atoms with van der Waals surface area (Å²) in [6.45, 7) is 7.39. The Morgan fingerprint density at radius 2 is 1.94 bits per heavy atom. The van der Waals surface area contributed by atoms with Crippen molar-refractivity contribution in [2.24, 2.45) is 0 Å². The maximum atomic E-state index is 4.39. The number of hydrogen-bond donors (Lipinski definition) is 1. The Labute approximate surface area is 113 Å². The smallest absolute Gasteiger partial charge is 0.109 e. The first-order valence-electron chi connectivity index (χ1n) is 6.39. The second kappa shape index (κ2) is 6.12. The van der Waals surface area contributed by atoms with E-state index >= 15 is 0 Å². The van der Waals surface area contributed by atoms with Crippen LogP contribution in [0, 0.1) is 13.8 Å². The summed E-state index contributed by atoms with van der Waals surface area (Å²) in [7, 11) is 0. The zero-order valence-electron chi connectivity index (χ0n) is 11.2. The number of aromatic nitrogens is 1. The molecule has 2 aromatic rings. The van der Waals surface area contributed by atoms with Gasteiger partial charge < -0.3 is 5.32 Å². The molecule has 2 nitrogen and oxygen atoms in total. The average molecular weight is 260 g/mol. The van der Waals surface area contributed by atoms with E-state index in [1.165, 1.54) is 21.7 Å². The minimum atomic E-state index is 0.366. The van der Waals surface area contributed by atoms with E-state index in [0.717, 1.165) is 13.0 Å². The van der Waals surface area contributed by atoms with Gasteiger partial charge in [0.15, 0.2) is 0 Å². The Hall–Kier alpha value is -1.19. The lowest BCUT2D eigenvalue weighted by atomic mass is 10.1. The Morgan fingerprint density at radius 1 is 1.22 bits per heavy atom. The van der Waals surface area contributed by atoms with Gasteiger partial charge in [-0.3, -0.25) is 0 Å². The van der Waals surface area contributed by atoms with Crippen LogP contribution in [0.5, 0.6) is 0 Å². The van der Waals surface area contributed by atoms with Gasteiger partial charge in [0.2, 0.25) is 0 Å². The summed E-state index contributed by atoms with van der Waals surface area (Å²) in [4.78, 5) is 4.39. The maximum absolute atomic E-state index is 4.39. The molecule has 0 amide bonds. The van der Waals surface area contributed by atoms with Gasteiger partial charge in [-0.2, -0.15) is 0 Å². The number of nitrogens with one attached hydrogen (secondary N) is 1. The van der Waals surface area contributed by atoms with Crippen molar-refractivity contribution in [1.29, 1.82) is 0 Å². The van der Waals surface area contributed by atoms with Crippen molar-refractivity contribution in [2.75, 3.05) is 0 Å². The van der Waals surface area contributed by atoms with Gasteiger partial charge in [-0.15, -0.1) is 11.3 Å². The van der Waals surface area contributed by atoms with Crippen molar-refractivity contribution in [3.8, 4) is 0 Å². The monoisotopic (exact) mass is 260 g/mol. The van der Waals surface area contributed by atoms with Crippen molar-refractivity contribution >= 4 is 11.3 Å². The molecule has 0 radical (unpaired) electrons. The van der Waals surface area contributed by atoms with E-state index in [1.807, 2.05) is 11.6 Å². The van der Waals surface area contributed by atoms with Crippen molar-refractivity contribution in [1.82, 2.24) is 10.3 Å². The highest BCUT2D eigenvalue weighted by Gasteiger charge is 2.10. The molecule has 1 heterocycles. The fourth-order valence-electron chi connectivity index (χ4n) is 2.22. The van der Waals surface area contributed by atoms with Gasteiger partial charge in [0.1, 0.15) is 5.01 Å². The molecule has 1 unspecified atom stereocenters.